The van der Waals surface area contributed by atoms with Gasteiger partial charge in [0.05, 0.1) is 24.6 Å². The molecule has 0 N–H and O–H groups in total. The Balaban J connectivity index is 1.83. The number of fused-ring (bicyclic) bond motifs is 1. The van der Waals surface area contributed by atoms with E-state index in [9.17, 15) is 4.79 Å². The van der Waals surface area contributed by atoms with Crippen molar-refractivity contribution in [2.45, 2.75) is 0 Å². The predicted octanol–water partition coefficient (Wildman–Crippen LogP) is 3.19. The molecule has 0 aliphatic rings. The maximum atomic E-state index is 12.9. The Hall–Kier alpha value is -3.13. The second kappa shape index (κ2) is 6.64. The molecule has 128 valence electrons. The lowest BCUT2D eigenvalue weighted by Crippen LogP contribution is -2.05. The zero-order chi connectivity index (χ0) is 18.1. The molecule has 4 heterocycles. The van der Waals surface area contributed by atoms with E-state index in [1.54, 1.807) is 35.1 Å². The number of ether oxygens (including phenoxy) is 1. The zero-order valence-corrected chi connectivity index (χ0v) is 15.2. The molecule has 4 aromatic rings. The fourth-order valence-corrected chi connectivity index (χ4v) is 2.99. The van der Waals surface area contributed by atoms with E-state index < -0.39 is 0 Å². The molecule has 0 bridgehead atoms. The molecule has 8 heteroatoms. The lowest BCUT2D eigenvalue weighted by atomic mass is 10.1. The molecule has 0 fully saturated rings. The summed E-state index contributed by atoms with van der Waals surface area (Å²) in [5.74, 6) is 0.113. The number of carbonyl (C=O) groups is 1. The molecular weight excluding hydrogens is 398 g/mol. The number of halogens is 1. The Kier molecular flexibility index (Phi) is 4.18. The predicted molar refractivity (Wildman–Crippen MR) is 98.1 cm³/mol. The molecule has 0 unspecified atom stereocenters. The minimum Gasteiger partial charge on any atom is -0.481 e. The summed E-state index contributed by atoms with van der Waals surface area (Å²) in [6.45, 7) is 0. The van der Waals surface area contributed by atoms with Crippen LogP contribution in [-0.2, 0) is 0 Å². The molecule has 0 amide bonds. The lowest BCUT2D eigenvalue weighted by Gasteiger charge is -2.05. The highest BCUT2D eigenvalue weighted by Gasteiger charge is 2.19. The molecule has 0 radical (unpaired) electrons. The van der Waals surface area contributed by atoms with Gasteiger partial charge in [-0.1, -0.05) is 6.07 Å². The fraction of sp³-hybridized carbons (Fsp3) is 0.0556. The third-order valence-corrected chi connectivity index (χ3v) is 4.27. The molecule has 26 heavy (non-hydrogen) atoms. The van der Waals surface area contributed by atoms with Crippen molar-refractivity contribution in [1.29, 1.82) is 0 Å². The van der Waals surface area contributed by atoms with Gasteiger partial charge >= 0.3 is 0 Å². The number of hydrogen-bond donors (Lipinski definition) is 0. The van der Waals surface area contributed by atoms with E-state index in [0.29, 0.717) is 21.7 Å². The Labute approximate surface area is 156 Å². The van der Waals surface area contributed by atoms with Gasteiger partial charge in [0.2, 0.25) is 11.7 Å². The van der Waals surface area contributed by atoms with E-state index in [1.165, 1.54) is 13.3 Å². The maximum absolute atomic E-state index is 12.9. The summed E-state index contributed by atoms with van der Waals surface area (Å²) >= 11 is 3.37. The molecule has 0 atom stereocenters. The van der Waals surface area contributed by atoms with E-state index in [0.717, 1.165) is 11.3 Å². The molecule has 0 aliphatic carbocycles. The average Bonchev–Trinajstić information content (AvgIpc) is 3.11. The summed E-state index contributed by atoms with van der Waals surface area (Å²) in [5, 5.41) is 4.35. The zero-order valence-electron chi connectivity index (χ0n) is 13.6. The quantitative estimate of drug-likeness (QED) is 0.380. The summed E-state index contributed by atoms with van der Waals surface area (Å²) in [7, 11) is 1.51. The summed E-state index contributed by atoms with van der Waals surface area (Å²) in [5.41, 5.74) is 2.82. The van der Waals surface area contributed by atoms with Crippen LogP contribution in [0.4, 0.5) is 0 Å². The van der Waals surface area contributed by atoms with Crippen LogP contribution >= 0.6 is 15.9 Å². The second-order valence-corrected chi connectivity index (χ2v) is 6.20. The van der Waals surface area contributed by atoms with Gasteiger partial charge in [-0.2, -0.15) is 5.10 Å². The number of nitrogens with zero attached hydrogens (tertiary/aromatic N) is 5. The molecule has 4 aromatic heterocycles. The van der Waals surface area contributed by atoms with Crippen LogP contribution in [0.5, 0.6) is 5.88 Å². The van der Waals surface area contributed by atoms with Crippen LogP contribution in [0.25, 0.3) is 16.9 Å². The van der Waals surface area contributed by atoms with Crippen molar-refractivity contribution in [3.8, 4) is 17.1 Å². The molecule has 0 aliphatic heterocycles. The van der Waals surface area contributed by atoms with Crippen molar-refractivity contribution in [2.75, 3.05) is 7.11 Å². The van der Waals surface area contributed by atoms with Crippen molar-refractivity contribution in [3.05, 3.63) is 70.8 Å². The van der Waals surface area contributed by atoms with E-state index in [2.05, 4.69) is 36.0 Å². The number of rotatable bonds is 4. The molecule has 4 rings (SSSR count). The van der Waals surface area contributed by atoms with Crippen LogP contribution in [0, 0.1) is 0 Å². The molecular formula is C18H12BrN5O2. The number of aromatic nitrogens is 5. The molecule has 7 nitrogen and oxygen atoms in total. The second-order valence-electron chi connectivity index (χ2n) is 5.39. The van der Waals surface area contributed by atoms with Gasteiger partial charge < -0.3 is 4.74 Å². The van der Waals surface area contributed by atoms with Gasteiger partial charge in [-0.3, -0.25) is 4.79 Å². The van der Waals surface area contributed by atoms with E-state index >= 15 is 0 Å². The van der Waals surface area contributed by atoms with Crippen molar-refractivity contribution >= 4 is 27.4 Å². The first kappa shape index (κ1) is 16.3. The third-order valence-electron chi connectivity index (χ3n) is 3.83. The first-order chi connectivity index (χ1) is 12.7. The van der Waals surface area contributed by atoms with Gasteiger partial charge in [0.1, 0.15) is 10.3 Å². The van der Waals surface area contributed by atoms with E-state index in [4.69, 9.17) is 4.74 Å². The molecule has 0 aromatic carbocycles. The summed E-state index contributed by atoms with van der Waals surface area (Å²) in [6, 6.07) is 10.6. The van der Waals surface area contributed by atoms with Gasteiger partial charge in [-0.15, -0.1) is 0 Å². The maximum Gasteiger partial charge on any atom is 0.216 e. The average molecular weight is 410 g/mol. The van der Waals surface area contributed by atoms with Gasteiger partial charge in [0, 0.05) is 24.0 Å². The smallest absolute Gasteiger partial charge is 0.216 e. The highest BCUT2D eigenvalue weighted by atomic mass is 79.9. The Morgan fingerprint density at radius 3 is 2.81 bits per heavy atom. The van der Waals surface area contributed by atoms with Crippen molar-refractivity contribution in [1.82, 2.24) is 24.6 Å². The summed E-state index contributed by atoms with van der Waals surface area (Å²) in [6.07, 6.45) is 4.85. The van der Waals surface area contributed by atoms with Crippen molar-refractivity contribution < 1.29 is 9.53 Å². The van der Waals surface area contributed by atoms with Crippen LogP contribution in [0.3, 0.4) is 0 Å². The number of pyridine rings is 2. The van der Waals surface area contributed by atoms with Crippen LogP contribution in [-0.4, -0.2) is 37.5 Å². The van der Waals surface area contributed by atoms with Gasteiger partial charge in [-0.25, -0.2) is 19.5 Å². The molecule has 0 saturated heterocycles. The molecule has 0 saturated carbocycles. The van der Waals surface area contributed by atoms with Crippen LogP contribution < -0.4 is 4.74 Å². The monoisotopic (exact) mass is 409 g/mol. The number of ketones is 1. The summed E-state index contributed by atoms with van der Waals surface area (Å²) in [4.78, 5) is 25.5. The van der Waals surface area contributed by atoms with E-state index in [-0.39, 0.29) is 11.5 Å². The molecule has 0 spiro atoms. The topological polar surface area (TPSA) is 82.3 Å². The van der Waals surface area contributed by atoms with Crippen LogP contribution in [0.1, 0.15) is 16.1 Å². The van der Waals surface area contributed by atoms with Crippen molar-refractivity contribution in [3.63, 3.8) is 0 Å². The van der Waals surface area contributed by atoms with E-state index in [1.807, 2.05) is 18.2 Å². The van der Waals surface area contributed by atoms with Gasteiger partial charge in [0.15, 0.2) is 5.65 Å². The first-order valence-electron chi connectivity index (χ1n) is 7.68. The standard InChI is InChI=1S/C18H12BrN5O2/c1-26-16-4-2-3-13(23-16)17(25)12-10-22-24-14(6-8-21-18(12)24)11-5-7-20-15(19)9-11/h2-10H,1H3. The largest absolute Gasteiger partial charge is 0.481 e. The minimum atomic E-state index is -0.264. The first-order valence-corrected chi connectivity index (χ1v) is 8.47. The van der Waals surface area contributed by atoms with Gasteiger partial charge in [0.25, 0.3) is 0 Å². The normalized spacial score (nSPS) is 10.8. The van der Waals surface area contributed by atoms with Crippen molar-refractivity contribution in [2.24, 2.45) is 0 Å². The van der Waals surface area contributed by atoms with Gasteiger partial charge in [-0.05, 0) is 40.2 Å². The highest BCUT2D eigenvalue weighted by molar-refractivity contribution is 9.10. The minimum absolute atomic E-state index is 0.264. The number of methoxy groups -OCH3 is 1. The number of carbonyl (C=O) groups excluding carboxylic acids is 1. The SMILES string of the molecule is COc1cccc(C(=O)c2cnn3c(-c4ccnc(Br)c4)ccnc23)n1. The number of hydrogen-bond acceptors (Lipinski definition) is 6. The highest BCUT2D eigenvalue weighted by Crippen LogP contribution is 2.23. The summed E-state index contributed by atoms with van der Waals surface area (Å²) < 4.78 is 7.43. The Morgan fingerprint density at radius 1 is 1.15 bits per heavy atom. The Morgan fingerprint density at radius 2 is 2.00 bits per heavy atom. The Bertz CT molecular complexity index is 1130. The van der Waals surface area contributed by atoms with Crippen LogP contribution in [0.2, 0.25) is 0 Å². The lowest BCUT2D eigenvalue weighted by molar-refractivity contribution is 0.103. The third kappa shape index (κ3) is 2.84. The van der Waals surface area contributed by atoms with Crippen LogP contribution in [0.15, 0.2) is 59.6 Å². The fourth-order valence-electron chi connectivity index (χ4n) is 2.63.